The van der Waals surface area contributed by atoms with E-state index in [1.165, 1.54) is 48.8 Å². The number of rotatable bonds is 7. The van der Waals surface area contributed by atoms with Gasteiger partial charge in [-0.25, -0.2) is 4.79 Å². The number of nitro groups is 1. The molecule has 0 spiro atoms. The van der Waals surface area contributed by atoms with Crippen LogP contribution in [0.1, 0.15) is 16.6 Å². The highest BCUT2D eigenvalue weighted by Crippen LogP contribution is 2.43. The first-order valence-corrected chi connectivity index (χ1v) is 10.7. The molecule has 9 heteroatoms. The summed E-state index contributed by atoms with van der Waals surface area (Å²) in [5, 5.41) is 11.1. The van der Waals surface area contributed by atoms with Crippen LogP contribution in [0.25, 0.3) is 0 Å². The Morgan fingerprint density at radius 3 is 2.46 bits per heavy atom. The molecule has 0 saturated carbocycles. The summed E-state index contributed by atoms with van der Waals surface area (Å²) in [4.78, 5) is 22.5. The van der Waals surface area contributed by atoms with Gasteiger partial charge in [0.05, 0.1) is 22.7 Å². The fourth-order valence-corrected chi connectivity index (χ4v) is 5.44. The number of ether oxygens (including phenoxy) is 3. The number of thioether (sulfide) groups is 2. The van der Waals surface area contributed by atoms with Gasteiger partial charge in [-0.1, -0.05) is 12.1 Å². The van der Waals surface area contributed by atoms with Crippen LogP contribution in [0, 0.1) is 10.1 Å². The predicted molar refractivity (Wildman–Crippen MR) is 109 cm³/mol. The van der Waals surface area contributed by atoms with Crippen molar-refractivity contribution in [2.75, 3.05) is 25.2 Å². The summed E-state index contributed by atoms with van der Waals surface area (Å²) in [6.07, 6.45) is 1.24. The van der Waals surface area contributed by atoms with E-state index < -0.39 is 10.9 Å². The number of methoxy groups -OCH3 is 1. The van der Waals surface area contributed by atoms with E-state index >= 15 is 0 Å². The zero-order chi connectivity index (χ0) is 19.9. The third kappa shape index (κ3) is 5.32. The molecule has 1 aliphatic rings. The maximum Gasteiger partial charge on any atom is 0.349 e. The minimum atomic E-state index is -0.726. The minimum absolute atomic E-state index is 0.152. The summed E-state index contributed by atoms with van der Waals surface area (Å²) in [5.74, 6) is 2.29. The van der Waals surface area contributed by atoms with E-state index in [0.717, 1.165) is 0 Å². The second kappa shape index (κ2) is 9.70. The molecule has 1 heterocycles. The third-order valence-electron chi connectivity index (χ3n) is 3.92. The lowest BCUT2D eigenvalue weighted by Gasteiger charge is -2.21. The number of hydrogen-bond donors (Lipinski definition) is 0. The molecule has 0 radical (unpaired) electrons. The molecule has 0 aromatic heterocycles. The Balaban J connectivity index is 1.56. The molecule has 3 rings (SSSR count). The van der Waals surface area contributed by atoms with E-state index in [-0.39, 0.29) is 18.0 Å². The largest absolute Gasteiger partial charge is 0.496 e. The highest BCUT2D eigenvalue weighted by molar-refractivity contribution is 8.16. The van der Waals surface area contributed by atoms with Gasteiger partial charge in [0.1, 0.15) is 11.5 Å². The van der Waals surface area contributed by atoms with Gasteiger partial charge >= 0.3 is 11.7 Å². The first kappa shape index (κ1) is 20.3. The zero-order valence-electron chi connectivity index (χ0n) is 15.2. The van der Waals surface area contributed by atoms with Gasteiger partial charge in [0.15, 0.2) is 6.61 Å². The van der Waals surface area contributed by atoms with Crippen molar-refractivity contribution in [3.63, 3.8) is 0 Å². The van der Waals surface area contributed by atoms with E-state index in [9.17, 15) is 14.9 Å². The van der Waals surface area contributed by atoms with Crippen LogP contribution < -0.4 is 14.2 Å². The maximum atomic E-state index is 12.0. The zero-order valence-corrected chi connectivity index (χ0v) is 16.8. The average Bonchev–Trinajstić information content (AvgIpc) is 2.73. The van der Waals surface area contributed by atoms with Crippen molar-refractivity contribution in [3.05, 3.63) is 58.1 Å². The Morgan fingerprint density at radius 1 is 1.14 bits per heavy atom. The summed E-state index contributed by atoms with van der Waals surface area (Å²) in [6.45, 7) is -0.352. The number of hydrogen-bond acceptors (Lipinski definition) is 8. The van der Waals surface area contributed by atoms with Crippen molar-refractivity contribution in [1.82, 2.24) is 0 Å². The van der Waals surface area contributed by atoms with Gasteiger partial charge in [-0.05, 0) is 47.8 Å². The van der Waals surface area contributed by atoms with E-state index in [1.807, 2.05) is 47.8 Å². The van der Waals surface area contributed by atoms with Gasteiger partial charge in [0.25, 0.3) is 0 Å². The summed E-state index contributed by atoms with van der Waals surface area (Å²) >= 11 is 3.86. The Bertz CT molecular complexity index is 837. The van der Waals surface area contributed by atoms with Crippen LogP contribution in [-0.2, 0) is 4.79 Å². The predicted octanol–water partition coefficient (Wildman–Crippen LogP) is 4.46. The lowest BCUT2D eigenvalue weighted by atomic mass is 10.2. The molecule has 1 aliphatic heterocycles. The number of nitrogens with zero attached hydrogens (tertiary/aromatic N) is 1. The summed E-state index contributed by atoms with van der Waals surface area (Å²) < 4.78 is 15.9. The van der Waals surface area contributed by atoms with Gasteiger partial charge in [0.2, 0.25) is 5.75 Å². The van der Waals surface area contributed by atoms with Gasteiger partial charge < -0.3 is 14.2 Å². The summed E-state index contributed by atoms with van der Waals surface area (Å²) in [7, 11) is 1.40. The number of carbonyl (C=O) groups is 1. The van der Waals surface area contributed by atoms with Crippen molar-refractivity contribution in [2.45, 2.75) is 11.0 Å². The smallest absolute Gasteiger partial charge is 0.349 e. The normalized spacial score (nSPS) is 14.3. The molecule has 0 atom stereocenters. The molecule has 0 amide bonds. The van der Waals surface area contributed by atoms with E-state index in [4.69, 9.17) is 14.2 Å². The standard InChI is InChI=1S/C19H19NO6S2/c1-24-15-7-8-17(16(11-15)20(22)23)26-18(21)12-25-14-5-3-13(4-6-14)19-27-9-2-10-28-19/h3-8,11,19H,2,9-10,12H2,1H3. The maximum absolute atomic E-state index is 12.0. The molecule has 1 saturated heterocycles. The van der Waals surface area contributed by atoms with Crippen LogP contribution in [0.5, 0.6) is 17.2 Å². The van der Waals surface area contributed by atoms with Crippen molar-refractivity contribution >= 4 is 35.2 Å². The highest BCUT2D eigenvalue weighted by Gasteiger charge is 2.20. The first-order chi connectivity index (χ1) is 13.6. The molecular formula is C19H19NO6S2. The number of nitro benzene ring substituents is 1. The second-order valence-corrected chi connectivity index (χ2v) is 8.57. The Labute approximate surface area is 170 Å². The quantitative estimate of drug-likeness (QED) is 0.280. The number of esters is 1. The van der Waals surface area contributed by atoms with Gasteiger partial charge in [-0.2, -0.15) is 0 Å². The Kier molecular flexibility index (Phi) is 7.05. The van der Waals surface area contributed by atoms with E-state index in [1.54, 1.807) is 0 Å². The Morgan fingerprint density at radius 2 is 1.82 bits per heavy atom. The molecule has 28 heavy (non-hydrogen) atoms. The lowest BCUT2D eigenvalue weighted by molar-refractivity contribution is -0.385. The van der Waals surface area contributed by atoms with Crippen LogP contribution in [0.15, 0.2) is 42.5 Å². The highest BCUT2D eigenvalue weighted by atomic mass is 32.2. The molecule has 148 valence electrons. The van der Waals surface area contributed by atoms with Crippen LogP contribution in [-0.4, -0.2) is 36.1 Å². The number of benzene rings is 2. The first-order valence-electron chi connectivity index (χ1n) is 8.56. The molecule has 2 aromatic carbocycles. The molecule has 1 fully saturated rings. The van der Waals surface area contributed by atoms with Crippen molar-refractivity contribution in [2.24, 2.45) is 0 Å². The molecule has 0 unspecified atom stereocenters. The molecule has 0 N–H and O–H groups in total. The topological polar surface area (TPSA) is 87.9 Å². The second-order valence-electron chi connectivity index (χ2n) is 5.85. The molecule has 2 aromatic rings. The summed E-state index contributed by atoms with van der Waals surface area (Å²) in [5.41, 5.74) is 0.873. The molecule has 0 aliphatic carbocycles. The van der Waals surface area contributed by atoms with Crippen molar-refractivity contribution < 1.29 is 23.9 Å². The number of carbonyl (C=O) groups excluding carboxylic acids is 1. The average molecular weight is 421 g/mol. The van der Waals surface area contributed by atoms with Crippen LogP contribution in [0.2, 0.25) is 0 Å². The SMILES string of the molecule is COc1ccc(OC(=O)COc2ccc(C3SCCCS3)cc2)c([N+](=O)[O-])c1. The fourth-order valence-electron chi connectivity index (χ4n) is 2.55. The van der Waals surface area contributed by atoms with Gasteiger partial charge in [-0.3, -0.25) is 10.1 Å². The molecule has 7 nitrogen and oxygen atoms in total. The fraction of sp³-hybridized carbons (Fsp3) is 0.316. The summed E-state index contributed by atoms with van der Waals surface area (Å²) in [6, 6.07) is 11.6. The molecular weight excluding hydrogens is 402 g/mol. The van der Waals surface area contributed by atoms with E-state index in [2.05, 4.69) is 0 Å². The van der Waals surface area contributed by atoms with Gasteiger partial charge in [0, 0.05) is 0 Å². The van der Waals surface area contributed by atoms with Crippen LogP contribution >= 0.6 is 23.5 Å². The van der Waals surface area contributed by atoms with Crippen molar-refractivity contribution in [1.29, 1.82) is 0 Å². The molecule has 0 bridgehead atoms. The third-order valence-corrected chi connectivity index (χ3v) is 6.94. The lowest BCUT2D eigenvalue weighted by Crippen LogP contribution is -2.18. The van der Waals surface area contributed by atoms with Crippen LogP contribution in [0.3, 0.4) is 0 Å². The van der Waals surface area contributed by atoms with Crippen LogP contribution in [0.4, 0.5) is 5.69 Å². The van der Waals surface area contributed by atoms with E-state index in [0.29, 0.717) is 16.1 Å². The minimum Gasteiger partial charge on any atom is -0.496 e. The van der Waals surface area contributed by atoms with Crippen molar-refractivity contribution in [3.8, 4) is 17.2 Å². The Hall–Kier alpha value is -2.39. The monoisotopic (exact) mass is 421 g/mol. The van der Waals surface area contributed by atoms with Gasteiger partial charge in [-0.15, -0.1) is 23.5 Å².